The summed E-state index contributed by atoms with van der Waals surface area (Å²) in [5, 5.41) is 18.1. The van der Waals surface area contributed by atoms with Gasteiger partial charge in [0.15, 0.2) is 12.2 Å². The zero-order valence-corrected chi connectivity index (χ0v) is 23.0. The highest BCUT2D eigenvalue weighted by molar-refractivity contribution is 7.09. The van der Waals surface area contributed by atoms with Gasteiger partial charge in [0.1, 0.15) is 11.6 Å². The van der Waals surface area contributed by atoms with Gasteiger partial charge in [0.05, 0.1) is 17.0 Å². The summed E-state index contributed by atoms with van der Waals surface area (Å²) in [4.78, 5) is 23.6. The van der Waals surface area contributed by atoms with E-state index >= 15 is 0 Å². The van der Waals surface area contributed by atoms with Crippen LogP contribution in [0.3, 0.4) is 0 Å². The minimum Gasteiger partial charge on any atom is -1.00 e. The SMILES string of the molecule is CCCCCCCCCCCCO[N+](=O)[O-].Cc1ncc(C[n+]2csc(CCO)c2C)c(N)n1.[Cl-]. The second-order valence-corrected chi connectivity index (χ2v) is 9.34. The van der Waals surface area contributed by atoms with Crippen LogP contribution in [0.5, 0.6) is 0 Å². The number of halogens is 1. The Hall–Kier alpha value is -2.04. The number of aliphatic hydroxyl groups excluding tert-OH is 1. The zero-order valence-electron chi connectivity index (χ0n) is 21.4. The third kappa shape index (κ3) is 14.8. The fourth-order valence-corrected chi connectivity index (χ4v) is 4.48. The van der Waals surface area contributed by atoms with Crippen LogP contribution in [-0.4, -0.2) is 33.4 Å². The molecule has 2 aromatic heterocycles. The fourth-order valence-electron chi connectivity index (χ4n) is 3.50. The second kappa shape index (κ2) is 20.2. The normalized spacial score (nSPS) is 10.3. The van der Waals surface area contributed by atoms with E-state index in [1.165, 1.54) is 56.2 Å². The molecule has 2 aromatic rings. The Morgan fingerprint density at radius 1 is 1.11 bits per heavy atom. The lowest BCUT2D eigenvalue weighted by atomic mass is 10.1. The molecule has 0 atom stereocenters. The van der Waals surface area contributed by atoms with Gasteiger partial charge in [-0.2, -0.15) is 4.57 Å². The van der Waals surface area contributed by atoms with Crippen molar-refractivity contribution in [2.75, 3.05) is 18.9 Å². The third-order valence-corrected chi connectivity index (χ3v) is 6.69. The first-order chi connectivity index (χ1) is 16.4. The molecule has 0 aliphatic heterocycles. The minimum absolute atomic E-state index is 0. The van der Waals surface area contributed by atoms with Crippen LogP contribution in [0.1, 0.15) is 93.1 Å². The summed E-state index contributed by atoms with van der Waals surface area (Å²) in [6.07, 6.45) is 14.8. The van der Waals surface area contributed by atoms with Crippen molar-refractivity contribution in [3.05, 3.63) is 43.8 Å². The molecule has 0 aliphatic carbocycles. The molecule has 0 spiro atoms. The average molecular weight is 532 g/mol. The number of thiazole rings is 1. The highest BCUT2D eigenvalue weighted by Crippen LogP contribution is 2.14. The van der Waals surface area contributed by atoms with Gasteiger partial charge in [-0.25, -0.2) is 9.97 Å². The summed E-state index contributed by atoms with van der Waals surface area (Å²) in [5.41, 5.74) is 10.0. The van der Waals surface area contributed by atoms with Crippen molar-refractivity contribution < 1.29 is 32.0 Å². The lowest BCUT2D eigenvalue weighted by Gasteiger charge is -2.01. The molecule has 0 amide bonds. The molecule has 0 saturated carbocycles. The molecule has 0 radical (unpaired) electrons. The van der Waals surface area contributed by atoms with E-state index in [2.05, 4.69) is 26.3 Å². The van der Waals surface area contributed by atoms with Crippen molar-refractivity contribution in [1.29, 1.82) is 0 Å². The van der Waals surface area contributed by atoms with Crippen molar-refractivity contribution in [3.63, 3.8) is 0 Å². The Balaban J connectivity index is 0.000000648. The molecular formula is C24H42ClN5O4S. The van der Waals surface area contributed by atoms with Gasteiger partial charge in [0, 0.05) is 26.1 Å². The number of unbranched alkanes of at least 4 members (excludes halogenated alkanes) is 9. The van der Waals surface area contributed by atoms with Gasteiger partial charge < -0.3 is 28.1 Å². The van der Waals surface area contributed by atoms with Crippen molar-refractivity contribution in [2.45, 2.75) is 97.9 Å². The Bertz CT molecular complexity index is 838. The number of anilines is 1. The maximum atomic E-state index is 9.84. The van der Waals surface area contributed by atoms with Gasteiger partial charge >= 0.3 is 0 Å². The number of hydrogen-bond acceptors (Lipinski definition) is 8. The molecule has 0 fully saturated rings. The number of aliphatic hydroxyl groups is 1. The smallest absolute Gasteiger partial charge is 0.294 e. The topological polar surface area (TPSA) is 128 Å². The van der Waals surface area contributed by atoms with Crippen LogP contribution in [-0.2, 0) is 17.8 Å². The van der Waals surface area contributed by atoms with E-state index in [9.17, 15) is 10.1 Å². The fraction of sp³-hybridized carbons (Fsp3) is 0.708. The number of hydrogen-bond donors (Lipinski definition) is 2. The van der Waals surface area contributed by atoms with E-state index in [4.69, 9.17) is 10.8 Å². The Morgan fingerprint density at radius 3 is 2.26 bits per heavy atom. The maximum Gasteiger partial charge on any atom is 0.294 e. The number of rotatable bonds is 16. The van der Waals surface area contributed by atoms with Gasteiger partial charge in [-0.05, 0) is 13.3 Å². The van der Waals surface area contributed by atoms with Crippen LogP contribution in [0.25, 0.3) is 0 Å². The lowest BCUT2D eigenvalue weighted by molar-refractivity contribution is -0.757. The van der Waals surface area contributed by atoms with Crippen LogP contribution in [0.15, 0.2) is 11.7 Å². The van der Waals surface area contributed by atoms with Crippen LogP contribution < -0.4 is 22.7 Å². The van der Waals surface area contributed by atoms with Gasteiger partial charge in [-0.3, -0.25) is 0 Å². The minimum atomic E-state index is -0.715. The summed E-state index contributed by atoms with van der Waals surface area (Å²) >= 11 is 1.65. The molecule has 2 rings (SSSR count). The average Bonchev–Trinajstić information content (AvgIpc) is 3.14. The molecule has 200 valence electrons. The number of nitrogens with zero attached hydrogens (tertiary/aromatic N) is 4. The predicted molar refractivity (Wildman–Crippen MR) is 135 cm³/mol. The molecule has 2 heterocycles. The molecule has 11 heteroatoms. The van der Waals surface area contributed by atoms with Crippen molar-refractivity contribution in [1.82, 2.24) is 9.97 Å². The molecule has 3 N–H and O–H groups in total. The lowest BCUT2D eigenvalue weighted by Crippen LogP contribution is -3.00. The van der Waals surface area contributed by atoms with Crippen molar-refractivity contribution >= 4 is 17.2 Å². The first-order valence-corrected chi connectivity index (χ1v) is 13.2. The summed E-state index contributed by atoms with van der Waals surface area (Å²) in [5.74, 6) is 1.22. The molecule has 0 aliphatic rings. The monoisotopic (exact) mass is 531 g/mol. The van der Waals surface area contributed by atoms with Gasteiger partial charge in [-0.15, -0.1) is 10.1 Å². The molecule has 9 nitrogen and oxygen atoms in total. The van der Waals surface area contributed by atoms with Crippen molar-refractivity contribution in [2.24, 2.45) is 0 Å². The van der Waals surface area contributed by atoms with E-state index < -0.39 is 5.09 Å². The van der Waals surface area contributed by atoms with Crippen LogP contribution in [0.2, 0.25) is 0 Å². The van der Waals surface area contributed by atoms with Crippen LogP contribution in [0, 0.1) is 24.0 Å². The Morgan fingerprint density at radius 2 is 1.71 bits per heavy atom. The summed E-state index contributed by atoms with van der Waals surface area (Å²) in [7, 11) is 0. The van der Waals surface area contributed by atoms with E-state index in [0.29, 0.717) is 24.6 Å². The van der Waals surface area contributed by atoms with E-state index in [1.54, 1.807) is 17.5 Å². The standard InChI is InChI=1S/C12H17N4OS.C12H25NO3.ClH/c1-8-11(3-4-17)18-7-16(8)6-10-5-14-9(2)15-12(10)13;1-2-3-4-5-6-7-8-9-10-11-12-16-13(14)15;/h5,7,17H,3-4,6H2,1-2H3,(H2,13,14,15);2-12H2,1H3;1H/q+1;;/p-1. The van der Waals surface area contributed by atoms with E-state index in [0.717, 1.165) is 24.1 Å². The summed E-state index contributed by atoms with van der Waals surface area (Å²) in [6, 6.07) is 0. The quantitative estimate of drug-likeness (QED) is 0.146. The van der Waals surface area contributed by atoms with Crippen molar-refractivity contribution in [3.8, 4) is 0 Å². The van der Waals surface area contributed by atoms with Gasteiger partial charge in [0.25, 0.3) is 5.09 Å². The summed E-state index contributed by atoms with van der Waals surface area (Å²) < 4.78 is 2.11. The molecule has 0 saturated heterocycles. The predicted octanol–water partition coefficient (Wildman–Crippen LogP) is 1.73. The number of nitrogens with two attached hydrogens (primary N) is 1. The van der Waals surface area contributed by atoms with Gasteiger partial charge in [-0.1, -0.05) is 76.0 Å². The number of nitrogen functional groups attached to an aromatic ring is 1. The number of aryl methyl sites for hydroxylation is 1. The Kier molecular flexibility index (Phi) is 19.0. The molecule has 0 aromatic carbocycles. The van der Waals surface area contributed by atoms with E-state index in [-0.39, 0.29) is 25.6 Å². The largest absolute Gasteiger partial charge is 1.00 e. The second-order valence-electron chi connectivity index (χ2n) is 8.40. The summed E-state index contributed by atoms with van der Waals surface area (Å²) in [6.45, 7) is 7.20. The highest BCUT2D eigenvalue weighted by Gasteiger charge is 2.17. The number of aromatic nitrogens is 3. The maximum absolute atomic E-state index is 9.84. The van der Waals surface area contributed by atoms with Crippen LogP contribution in [0.4, 0.5) is 5.82 Å². The Labute approximate surface area is 219 Å². The molecule has 0 bridgehead atoms. The highest BCUT2D eigenvalue weighted by atomic mass is 35.5. The van der Waals surface area contributed by atoms with E-state index in [1.807, 2.05) is 19.4 Å². The molecule has 35 heavy (non-hydrogen) atoms. The zero-order chi connectivity index (χ0) is 25.2. The van der Waals surface area contributed by atoms with Gasteiger partial charge in [0.2, 0.25) is 5.51 Å². The van der Waals surface area contributed by atoms with Crippen LogP contribution >= 0.6 is 11.3 Å². The molecule has 0 unspecified atom stereocenters. The third-order valence-electron chi connectivity index (χ3n) is 5.55. The molecular weight excluding hydrogens is 490 g/mol. The first-order valence-electron chi connectivity index (χ1n) is 12.3. The first kappa shape index (κ1) is 33.0.